The first-order chi connectivity index (χ1) is 15.5. The van der Waals surface area contributed by atoms with Crippen molar-refractivity contribution in [1.29, 1.82) is 0 Å². The first kappa shape index (κ1) is 20.6. The standard InChI is InChI=1S/C27H23NO3S/c1-16-13-21-22(14-17(16)2)31-26-23(25(21)29)24(19-9-11-20(32-3)12-10-19)28(27(26)30)15-18-7-5-4-6-8-18/h4-14,24H,15H2,1-3H3. The second-order valence-corrected chi connectivity index (χ2v) is 9.08. The van der Waals surface area contributed by atoms with Crippen molar-refractivity contribution in [3.8, 4) is 0 Å². The Kier molecular flexibility index (Phi) is 5.14. The number of thioether (sulfide) groups is 1. The van der Waals surface area contributed by atoms with Gasteiger partial charge in [0.15, 0.2) is 5.43 Å². The molecule has 0 aliphatic carbocycles. The average molecular weight is 442 g/mol. The lowest BCUT2D eigenvalue weighted by atomic mass is 9.97. The zero-order valence-electron chi connectivity index (χ0n) is 18.2. The molecule has 5 heteroatoms. The molecule has 0 bridgehead atoms. The van der Waals surface area contributed by atoms with Crippen LogP contribution < -0.4 is 5.43 Å². The zero-order valence-corrected chi connectivity index (χ0v) is 19.0. The molecule has 2 heterocycles. The molecule has 3 aromatic carbocycles. The predicted octanol–water partition coefficient (Wildman–Crippen LogP) is 5.88. The number of carbonyl (C=O) groups excluding carboxylic acids is 1. The molecule has 1 amide bonds. The number of carbonyl (C=O) groups is 1. The third-order valence-electron chi connectivity index (χ3n) is 6.21. The maximum Gasteiger partial charge on any atom is 0.291 e. The molecule has 0 saturated carbocycles. The molecule has 160 valence electrons. The summed E-state index contributed by atoms with van der Waals surface area (Å²) >= 11 is 1.66. The van der Waals surface area contributed by atoms with Crippen LogP contribution in [0.25, 0.3) is 11.0 Å². The molecule has 4 nitrogen and oxygen atoms in total. The molecule has 1 aliphatic heterocycles. The largest absolute Gasteiger partial charge is 0.450 e. The molecule has 0 fully saturated rings. The molecule has 1 unspecified atom stereocenters. The van der Waals surface area contributed by atoms with E-state index in [1.54, 1.807) is 16.7 Å². The molecule has 0 spiro atoms. The van der Waals surface area contributed by atoms with Crippen LogP contribution in [0.2, 0.25) is 0 Å². The van der Waals surface area contributed by atoms with Crippen molar-refractivity contribution >= 4 is 28.6 Å². The van der Waals surface area contributed by atoms with Gasteiger partial charge in [-0.2, -0.15) is 0 Å². The van der Waals surface area contributed by atoms with Gasteiger partial charge in [0.25, 0.3) is 5.91 Å². The Bertz CT molecular complexity index is 1390. The number of hydrogen-bond acceptors (Lipinski definition) is 4. The van der Waals surface area contributed by atoms with Crippen LogP contribution in [0.15, 0.2) is 80.8 Å². The lowest BCUT2D eigenvalue weighted by Gasteiger charge is -2.25. The summed E-state index contributed by atoms with van der Waals surface area (Å²) in [5, 5.41) is 0.520. The van der Waals surface area contributed by atoms with Gasteiger partial charge in [-0.25, -0.2) is 0 Å². The molecule has 1 aromatic heterocycles. The second-order valence-electron chi connectivity index (χ2n) is 8.20. The van der Waals surface area contributed by atoms with Crippen molar-refractivity contribution in [2.75, 3.05) is 6.26 Å². The second kappa shape index (κ2) is 7.99. The third-order valence-corrected chi connectivity index (χ3v) is 6.95. The molecule has 32 heavy (non-hydrogen) atoms. The fourth-order valence-corrected chi connectivity index (χ4v) is 4.76. The van der Waals surface area contributed by atoms with Crippen LogP contribution in [0.1, 0.15) is 44.4 Å². The summed E-state index contributed by atoms with van der Waals surface area (Å²) in [5.74, 6) is -0.0966. The number of amides is 1. The van der Waals surface area contributed by atoms with Crippen molar-refractivity contribution < 1.29 is 9.21 Å². The van der Waals surface area contributed by atoms with Gasteiger partial charge in [-0.1, -0.05) is 42.5 Å². The lowest BCUT2D eigenvalue weighted by molar-refractivity contribution is 0.0714. The normalized spacial score (nSPS) is 15.4. The quantitative estimate of drug-likeness (QED) is 0.371. The summed E-state index contributed by atoms with van der Waals surface area (Å²) in [5.41, 5.74) is 4.71. The molecule has 4 aromatic rings. The van der Waals surface area contributed by atoms with Crippen LogP contribution in [0.5, 0.6) is 0 Å². The van der Waals surface area contributed by atoms with Gasteiger partial charge in [-0.3, -0.25) is 9.59 Å². The highest BCUT2D eigenvalue weighted by Crippen LogP contribution is 2.39. The van der Waals surface area contributed by atoms with Crippen LogP contribution in [-0.4, -0.2) is 17.1 Å². The molecular weight excluding hydrogens is 418 g/mol. The minimum atomic E-state index is -0.490. The van der Waals surface area contributed by atoms with E-state index in [1.165, 1.54) is 0 Å². The molecule has 0 N–H and O–H groups in total. The van der Waals surface area contributed by atoms with E-state index in [-0.39, 0.29) is 17.1 Å². The van der Waals surface area contributed by atoms with E-state index in [0.717, 1.165) is 27.1 Å². The predicted molar refractivity (Wildman–Crippen MR) is 128 cm³/mol. The summed E-state index contributed by atoms with van der Waals surface area (Å²) in [4.78, 5) is 30.1. The number of aryl methyl sites for hydroxylation is 2. The number of fused-ring (bicyclic) bond motifs is 2. The number of benzene rings is 3. The van der Waals surface area contributed by atoms with Crippen LogP contribution in [0.3, 0.4) is 0 Å². The zero-order chi connectivity index (χ0) is 22.4. The van der Waals surface area contributed by atoms with Gasteiger partial charge in [-0.15, -0.1) is 11.8 Å². The number of rotatable bonds is 4. The highest BCUT2D eigenvalue weighted by atomic mass is 32.2. The maximum atomic E-state index is 13.7. The maximum absolute atomic E-state index is 13.7. The van der Waals surface area contributed by atoms with Gasteiger partial charge in [0, 0.05) is 11.4 Å². The van der Waals surface area contributed by atoms with Gasteiger partial charge in [0.2, 0.25) is 5.76 Å². The van der Waals surface area contributed by atoms with E-state index in [1.807, 2.05) is 86.8 Å². The highest BCUT2D eigenvalue weighted by Gasteiger charge is 2.42. The molecule has 5 rings (SSSR count). The minimum absolute atomic E-state index is 0.132. The van der Waals surface area contributed by atoms with Crippen molar-refractivity contribution in [3.05, 3.63) is 111 Å². The lowest BCUT2D eigenvalue weighted by Crippen LogP contribution is -2.29. The molecule has 1 aliphatic rings. The molecule has 0 saturated heterocycles. The van der Waals surface area contributed by atoms with Gasteiger partial charge in [-0.05, 0) is 66.6 Å². The SMILES string of the molecule is CSc1ccc(C2c3c(oc4cc(C)c(C)cc4c3=O)C(=O)N2Cc2ccccc2)cc1. The summed E-state index contributed by atoms with van der Waals surface area (Å²) < 4.78 is 6.10. The van der Waals surface area contributed by atoms with Crippen molar-refractivity contribution in [2.24, 2.45) is 0 Å². The van der Waals surface area contributed by atoms with E-state index >= 15 is 0 Å². The summed E-state index contributed by atoms with van der Waals surface area (Å²) in [6.45, 7) is 4.35. The Hall–Kier alpha value is -3.31. The third kappa shape index (κ3) is 3.33. The van der Waals surface area contributed by atoms with E-state index in [9.17, 15) is 9.59 Å². The Morgan fingerprint density at radius 1 is 0.938 bits per heavy atom. The van der Waals surface area contributed by atoms with Crippen molar-refractivity contribution in [1.82, 2.24) is 4.90 Å². The molecule has 1 atom stereocenters. The summed E-state index contributed by atoms with van der Waals surface area (Å²) in [7, 11) is 0. The van der Waals surface area contributed by atoms with Crippen LogP contribution in [-0.2, 0) is 6.54 Å². The Morgan fingerprint density at radius 3 is 2.31 bits per heavy atom. The van der Waals surface area contributed by atoms with Crippen molar-refractivity contribution in [2.45, 2.75) is 31.3 Å². The van der Waals surface area contributed by atoms with Gasteiger partial charge < -0.3 is 9.32 Å². The fourth-order valence-electron chi connectivity index (χ4n) is 4.35. The molecule has 0 radical (unpaired) electrons. The highest BCUT2D eigenvalue weighted by molar-refractivity contribution is 7.98. The Balaban J connectivity index is 1.73. The van der Waals surface area contributed by atoms with Crippen LogP contribution in [0.4, 0.5) is 0 Å². The first-order valence-electron chi connectivity index (χ1n) is 10.5. The van der Waals surface area contributed by atoms with Crippen LogP contribution >= 0.6 is 11.8 Å². The Morgan fingerprint density at radius 2 is 1.62 bits per heavy atom. The first-order valence-corrected chi connectivity index (χ1v) is 11.8. The van der Waals surface area contributed by atoms with E-state index in [4.69, 9.17) is 4.42 Å². The van der Waals surface area contributed by atoms with Crippen LogP contribution in [0, 0.1) is 13.8 Å². The van der Waals surface area contributed by atoms with E-state index in [2.05, 4.69) is 0 Å². The fraction of sp³-hybridized carbons (Fsp3) is 0.185. The van der Waals surface area contributed by atoms with Gasteiger partial charge >= 0.3 is 0 Å². The average Bonchev–Trinajstić information content (AvgIpc) is 3.08. The number of hydrogen-bond donors (Lipinski definition) is 0. The Labute approximate surface area is 190 Å². The topological polar surface area (TPSA) is 50.5 Å². The van der Waals surface area contributed by atoms with E-state index < -0.39 is 6.04 Å². The van der Waals surface area contributed by atoms with E-state index in [0.29, 0.717) is 23.1 Å². The summed E-state index contributed by atoms with van der Waals surface area (Å²) in [6.07, 6.45) is 2.02. The summed E-state index contributed by atoms with van der Waals surface area (Å²) in [6, 6.07) is 21.1. The van der Waals surface area contributed by atoms with Gasteiger partial charge in [0.05, 0.1) is 17.0 Å². The number of nitrogens with zero attached hydrogens (tertiary/aromatic N) is 1. The van der Waals surface area contributed by atoms with Gasteiger partial charge in [0.1, 0.15) is 5.58 Å². The smallest absolute Gasteiger partial charge is 0.291 e. The van der Waals surface area contributed by atoms with Crippen molar-refractivity contribution in [3.63, 3.8) is 0 Å². The monoisotopic (exact) mass is 441 g/mol. The minimum Gasteiger partial charge on any atom is -0.450 e. The molecular formula is C27H23NO3S.